The molecular formula is C18H18F2N6O4. The SMILES string of the molecule is CNC(=O)c1cn(C[C@@H]2CC(F)(F)CN2C(=O)Cn2c(=O)oc3ccccc32)nn1. The van der Waals surface area contributed by atoms with Crippen molar-refractivity contribution in [2.75, 3.05) is 13.6 Å². The Bertz CT molecular complexity index is 1170. The lowest BCUT2D eigenvalue weighted by molar-refractivity contribution is -0.134. The van der Waals surface area contributed by atoms with Gasteiger partial charge in [0.1, 0.15) is 6.54 Å². The predicted octanol–water partition coefficient (Wildman–Crippen LogP) is 0.482. The molecule has 1 aliphatic heterocycles. The molecule has 158 valence electrons. The molecule has 30 heavy (non-hydrogen) atoms. The van der Waals surface area contributed by atoms with Crippen molar-refractivity contribution in [3.8, 4) is 0 Å². The summed E-state index contributed by atoms with van der Waals surface area (Å²) in [6, 6.07) is 5.68. The third-order valence-corrected chi connectivity index (χ3v) is 4.96. The van der Waals surface area contributed by atoms with Crippen LogP contribution >= 0.6 is 0 Å². The maximum atomic E-state index is 14.1. The number of carbonyl (C=O) groups is 2. The fourth-order valence-corrected chi connectivity index (χ4v) is 3.58. The molecule has 1 saturated heterocycles. The molecule has 4 rings (SSSR count). The van der Waals surface area contributed by atoms with Gasteiger partial charge in [0.15, 0.2) is 11.3 Å². The number of nitrogens with zero attached hydrogens (tertiary/aromatic N) is 5. The highest BCUT2D eigenvalue weighted by Crippen LogP contribution is 2.33. The van der Waals surface area contributed by atoms with Gasteiger partial charge in [-0.3, -0.25) is 14.2 Å². The van der Waals surface area contributed by atoms with Crippen LogP contribution in [-0.2, 0) is 17.9 Å². The van der Waals surface area contributed by atoms with Gasteiger partial charge in [-0.2, -0.15) is 0 Å². The first-order valence-electron chi connectivity index (χ1n) is 9.15. The van der Waals surface area contributed by atoms with E-state index >= 15 is 0 Å². The molecule has 0 aliphatic carbocycles. The van der Waals surface area contributed by atoms with Gasteiger partial charge in [0.2, 0.25) is 5.91 Å². The second-order valence-corrected chi connectivity index (χ2v) is 7.06. The van der Waals surface area contributed by atoms with Crippen molar-refractivity contribution in [2.24, 2.45) is 0 Å². The minimum absolute atomic E-state index is 0.0385. The van der Waals surface area contributed by atoms with Gasteiger partial charge in [0, 0.05) is 13.5 Å². The quantitative estimate of drug-likeness (QED) is 0.642. The number of para-hydroxylation sites is 2. The molecular weight excluding hydrogens is 402 g/mol. The number of fused-ring (bicyclic) bond motifs is 1. The summed E-state index contributed by atoms with van der Waals surface area (Å²) in [6.07, 6.45) is 0.765. The van der Waals surface area contributed by atoms with Crippen molar-refractivity contribution in [3.63, 3.8) is 0 Å². The Kier molecular flexibility index (Phi) is 4.84. The molecule has 1 fully saturated rings. The van der Waals surface area contributed by atoms with E-state index in [1.807, 2.05) is 0 Å². The number of alkyl halides is 2. The average Bonchev–Trinajstić information content (AvgIpc) is 3.38. The Morgan fingerprint density at radius 3 is 2.87 bits per heavy atom. The standard InChI is InChI=1S/C18H18F2N6O4/c1-21-16(28)12-8-24(23-22-12)7-11-6-18(19,20)10-26(11)15(27)9-25-13-4-2-3-5-14(13)30-17(25)29/h2-5,8,11H,6-7,9-10H2,1H3,(H,21,28)/t11-/m0/s1. The summed E-state index contributed by atoms with van der Waals surface area (Å²) >= 11 is 0. The first kappa shape index (κ1) is 19.7. The van der Waals surface area contributed by atoms with Crippen molar-refractivity contribution in [3.05, 3.63) is 46.7 Å². The maximum Gasteiger partial charge on any atom is 0.420 e. The van der Waals surface area contributed by atoms with Gasteiger partial charge in [-0.1, -0.05) is 17.3 Å². The monoisotopic (exact) mass is 420 g/mol. The summed E-state index contributed by atoms with van der Waals surface area (Å²) in [6.45, 7) is -1.26. The number of oxazole rings is 1. The minimum Gasteiger partial charge on any atom is -0.408 e. The molecule has 1 atom stereocenters. The molecule has 0 spiro atoms. The predicted molar refractivity (Wildman–Crippen MR) is 99.0 cm³/mol. The number of halogens is 2. The van der Waals surface area contributed by atoms with E-state index in [0.29, 0.717) is 11.1 Å². The smallest absolute Gasteiger partial charge is 0.408 e. The molecule has 0 radical (unpaired) electrons. The molecule has 0 saturated carbocycles. The summed E-state index contributed by atoms with van der Waals surface area (Å²) in [5.41, 5.74) is 0.754. The van der Waals surface area contributed by atoms with Crippen LogP contribution in [0.4, 0.5) is 8.78 Å². The highest BCUT2D eigenvalue weighted by Gasteiger charge is 2.47. The number of hydrogen-bond acceptors (Lipinski definition) is 6. The van der Waals surface area contributed by atoms with Gasteiger partial charge in [0.05, 0.1) is 30.8 Å². The number of aromatic nitrogens is 4. The van der Waals surface area contributed by atoms with E-state index in [2.05, 4.69) is 15.6 Å². The van der Waals surface area contributed by atoms with Crippen LogP contribution in [0.3, 0.4) is 0 Å². The van der Waals surface area contributed by atoms with E-state index in [-0.39, 0.29) is 12.2 Å². The molecule has 2 amide bonds. The van der Waals surface area contributed by atoms with Crippen LogP contribution in [-0.4, -0.2) is 61.8 Å². The number of amides is 2. The van der Waals surface area contributed by atoms with Gasteiger partial charge >= 0.3 is 5.76 Å². The lowest BCUT2D eigenvalue weighted by Gasteiger charge is -2.23. The molecule has 0 unspecified atom stereocenters. The molecule has 1 N–H and O–H groups in total. The summed E-state index contributed by atoms with van der Waals surface area (Å²) in [5, 5.41) is 9.86. The van der Waals surface area contributed by atoms with Crippen molar-refractivity contribution >= 4 is 22.9 Å². The summed E-state index contributed by atoms with van der Waals surface area (Å²) < 4.78 is 35.7. The molecule has 1 aliphatic rings. The number of rotatable bonds is 5. The van der Waals surface area contributed by atoms with Crippen molar-refractivity contribution in [2.45, 2.75) is 31.5 Å². The number of hydrogen-bond donors (Lipinski definition) is 1. The number of nitrogens with one attached hydrogen (secondary N) is 1. The van der Waals surface area contributed by atoms with Crippen LogP contribution in [0.2, 0.25) is 0 Å². The van der Waals surface area contributed by atoms with E-state index in [4.69, 9.17) is 4.42 Å². The zero-order valence-electron chi connectivity index (χ0n) is 15.9. The molecule has 12 heteroatoms. The lowest BCUT2D eigenvalue weighted by atomic mass is 10.2. The van der Waals surface area contributed by atoms with Crippen LogP contribution in [0, 0.1) is 0 Å². The largest absolute Gasteiger partial charge is 0.420 e. The Morgan fingerprint density at radius 1 is 1.33 bits per heavy atom. The van der Waals surface area contributed by atoms with Crippen molar-refractivity contribution < 1.29 is 22.8 Å². The summed E-state index contributed by atoms with van der Waals surface area (Å²) in [5.74, 6) is -4.92. The number of likely N-dealkylation sites (tertiary alicyclic amines) is 1. The van der Waals surface area contributed by atoms with E-state index in [9.17, 15) is 23.2 Å². The van der Waals surface area contributed by atoms with Crippen LogP contribution in [0.15, 0.2) is 39.7 Å². The fourth-order valence-electron chi connectivity index (χ4n) is 3.58. The van der Waals surface area contributed by atoms with Crippen LogP contribution in [0.25, 0.3) is 11.1 Å². The Balaban J connectivity index is 1.55. The van der Waals surface area contributed by atoms with Crippen molar-refractivity contribution in [1.29, 1.82) is 0 Å². The highest BCUT2D eigenvalue weighted by atomic mass is 19.3. The Hall–Kier alpha value is -3.57. The molecule has 1 aromatic carbocycles. The molecule has 3 heterocycles. The summed E-state index contributed by atoms with van der Waals surface area (Å²) in [4.78, 5) is 37.6. The maximum absolute atomic E-state index is 14.1. The first-order valence-corrected chi connectivity index (χ1v) is 9.15. The zero-order valence-corrected chi connectivity index (χ0v) is 15.9. The van der Waals surface area contributed by atoms with Crippen LogP contribution in [0.1, 0.15) is 16.9 Å². The molecule has 10 nitrogen and oxygen atoms in total. The van der Waals surface area contributed by atoms with Crippen LogP contribution < -0.4 is 11.1 Å². The topological polar surface area (TPSA) is 115 Å². The summed E-state index contributed by atoms with van der Waals surface area (Å²) in [7, 11) is 1.43. The van der Waals surface area contributed by atoms with E-state index in [1.165, 1.54) is 17.9 Å². The lowest BCUT2D eigenvalue weighted by Crippen LogP contribution is -2.41. The first-order chi connectivity index (χ1) is 14.3. The van der Waals surface area contributed by atoms with Gasteiger partial charge in [-0.25, -0.2) is 18.3 Å². The fraction of sp³-hybridized carbons (Fsp3) is 0.389. The minimum atomic E-state index is -3.08. The van der Waals surface area contributed by atoms with Gasteiger partial charge in [-0.15, -0.1) is 5.10 Å². The third-order valence-electron chi connectivity index (χ3n) is 4.96. The van der Waals surface area contributed by atoms with E-state index < -0.39 is 49.0 Å². The number of carbonyl (C=O) groups excluding carboxylic acids is 2. The van der Waals surface area contributed by atoms with Gasteiger partial charge < -0.3 is 14.6 Å². The van der Waals surface area contributed by atoms with Crippen molar-refractivity contribution in [1.82, 2.24) is 29.8 Å². The zero-order chi connectivity index (χ0) is 21.5. The van der Waals surface area contributed by atoms with Gasteiger partial charge in [-0.05, 0) is 12.1 Å². The molecule has 2 aromatic heterocycles. The Labute approximate surface area is 168 Å². The van der Waals surface area contributed by atoms with Gasteiger partial charge in [0.25, 0.3) is 11.8 Å². The number of benzene rings is 1. The second kappa shape index (κ2) is 7.35. The van der Waals surface area contributed by atoms with Crippen LogP contribution in [0.5, 0.6) is 0 Å². The normalized spacial score (nSPS) is 18.1. The molecule has 3 aromatic rings. The Morgan fingerprint density at radius 2 is 2.10 bits per heavy atom. The third kappa shape index (κ3) is 3.67. The highest BCUT2D eigenvalue weighted by molar-refractivity contribution is 5.91. The average molecular weight is 420 g/mol. The second-order valence-electron chi connectivity index (χ2n) is 7.06. The van der Waals surface area contributed by atoms with E-state index in [1.54, 1.807) is 24.3 Å². The molecule has 0 bridgehead atoms. The van der Waals surface area contributed by atoms with E-state index in [0.717, 1.165) is 9.47 Å².